The predicted octanol–water partition coefficient (Wildman–Crippen LogP) is 2.44. The highest BCUT2D eigenvalue weighted by atomic mass is 19.1. The van der Waals surface area contributed by atoms with Crippen LogP contribution in [-0.2, 0) is 0 Å². The normalized spacial score (nSPS) is 18.8. The van der Waals surface area contributed by atoms with Crippen molar-refractivity contribution in [2.45, 2.75) is 19.4 Å². The smallest absolute Gasteiger partial charge is 0.128 e. The zero-order valence-corrected chi connectivity index (χ0v) is 10.8. The molecule has 0 radical (unpaired) electrons. The highest BCUT2D eigenvalue weighted by Gasteiger charge is 2.24. The molecule has 0 saturated carbocycles. The fourth-order valence-electron chi connectivity index (χ4n) is 2.55. The Labute approximate surface area is 107 Å². The summed E-state index contributed by atoms with van der Waals surface area (Å²) < 4.78 is 26.7. The fraction of sp³-hybridized carbons (Fsp3) is 0.571. The van der Waals surface area contributed by atoms with Gasteiger partial charge in [0.15, 0.2) is 0 Å². The van der Waals surface area contributed by atoms with Gasteiger partial charge in [0.05, 0.1) is 6.67 Å². The first kappa shape index (κ1) is 13.4. The van der Waals surface area contributed by atoms with Crippen molar-refractivity contribution in [3.05, 3.63) is 35.1 Å². The summed E-state index contributed by atoms with van der Waals surface area (Å²) in [6, 6.07) is 4.94. The van der Waals surface area contributed by atoms with Crippen LogP contribution in [0.5, 0.6) is 0 Å². The largest absolute Gasteiger partial charge is 0.314 e. The van der Waals surface area contributed by atoms with Gasteiger partial charge in [-0.2, -0.15) is 0 Å². The minimum absolute atomic E-state index is 0.142. The average molecular weight is 254 g/mol. The first-order valence-electron chi connectivity index (χ1n) is 6.49. The first-order valence-corrected chi connectivity index (χ1v) is 6.49. The summed E-state index contributed by atoms with van der Waals surface area (Å²) in [7, 11) is 0. The van der Waals surface area contributed by atoms with Crippen LogP contribution in [-0.4, -0.2) is 37.8 Å². The molecule has 1 aromatic carbocycles. The summed E-state index contributed by atoms with van der Waals surface area (Å²) in [5.41, 5.74) is 1.65. The van der Waals surface area contributed by atoms with Crippen molar-refractivity contribution in [2.24, 2.45) is 0 Å². The zero-order chi connectivity index (χ0) is 13.0. The van der Waals surface area contributed by atoms with Gasteiger partial charge < -0.3 is 5.32 Å². The van der Waals surface area contributed by atoms with Crippen LogP contribution in [0, 0.1) is 12.7 Å². The van der Waals surface area contributed by atoms with Crippen molar-refractivity contribution < 1.29 is 8.78 Å². The molecule has 18 heavy (non-hydrogen) atoms. The lowest BCUT2D eigenvalue weighted by Crippen LogP contribution is -2.45. The van der Waals surface area contributed by atoms with Gasteiger partial charge in [-0.05, 0) is 19.4 Å². The van der Waals surface area contributed by atoms with Crippen LogP contribution < -0.4 is 5.32 Å². The maximum absolute atomic E-state index is 13.9. The lowest BCUT2D eigenvalue weighted by Gasteiger charge is -2.35. The van der Waals surface area contributed by atoms with Gasteiger partial charge in [-0.15, -0.1) is 0 Å². The molecule has 1 saturated heterocycles. The van der Waals surface area contributed by atoms with Crippen LogP contribution in [0.2, 0.25) is 0 Å². The SMILES string of the molecule is Cc1ccc(F)c([C@@H](CCF)N2CCNCC2)c1. The van der Waals surface area contributed by atoms with Gasteiger partial charge in [-0.1, -0.05) is 17.7 Å². The average Bonchev–Trinajstić information content (AvgIpc) is 2.40. The van der Waals surface area contributed by atoms with E-state index in [4.69, 9.17) is 0 Å². The number of hydrogen-bond acceptors (Lipinski definition) is 2. The van der Waals surface area contributed by atoms with Crippen LogP contribution in [0.1, 0.15) is 23.6 Å². The third kappa shape index (κ3) is 3.06. The van der Waals surface area contributed by atoms with E-state index < -0.39 is 6.67 Å². The number of alkyl halides is 1. The second kappa shape index (κ2) is 6.25. The quantitative estimate of drug-likeness (QED) is 0.888. The molecule has 2 nitrogen and oxygen atoms in total. The lowest BCUT2D eigenvalue weighted by molar-refractivity contribution is 0.154. The maximum atomic E-state index is 13.9. The van der Waals surface area contributed by atoms with Gasteiger partial charge in [0.1, 0.15) is 5.82 Å². The summed E-state index contributed by atoms with van der Waals surface area (Å²) >= 11 is 0. The molecule has 1 aliphatic heterocycles. The molecule has 1 fully saturated rings. The van der Waals surface area contributed by atoms with E-state index in [1.165, 1.54) is 6.07 Å². The molecule has 0 aliphatic carbocycles. The number of nitrogens with zero attached hydrogens (tertiary/aromatic N) is 1. The second-order valence-corrected chi connectivity index (χ2v) is 4.80. The van der Waals surface area contributed by atoms with E-state index in [-0.39, 0.29) is 11.9 Å². The molecule has 1 N–H and O–H groups in total. The third-order valence-corrected chi connectivity index (χ3v) is 3.49. The molecule has 0 spiro atoms. The summed E-state index contributed by atoms with van der Waals surface area (Å²) in [6.07, 6.45) is 0.361. The Hall–Kier alpha value is -1.00. The minimum atomic E-state index is -0.415. The van der Waals surface area contributed by atoms with Crippen molar-refractivity contribution in [2.75, 3.05) is 32.9 Å². The van der Waals surface area contributed by atoms with Gasteiger partial charge in [0.2, 0.25) is 0 Å². The number of nitrogens with one attached hydrogen (secondary N) is 1. The molecule has 4 heteroatoms. The van der Waals surface area contributed by atoms with Crippen LogP contribution in [0.3, 0.4) is 0 Å². The van der Waals surface area contributed by atoms with Gasteiger partial charge in [0, 0.05) is 37.8 Å². The van der Waals surface area contributed by atoms with Gasteiger partial charge in [-0.3, -0.25) is 9.29 Å². The number of halogens is 2. The topological polar surface area (TPSA) is 15.3 Å². The standard InChI is InChI=1S/C14H20F2N2/c1-11-2-3-13(16)12(10-11)14(4-5-15)18-8-6-17-7-9-18/h2-3,10,14,17H,4-9H2,1H3/t14-/m1/s1. The molecule has 1 aromatic rings. The van der Waals surface area contributed by atoms with E-state index in [1.807, 2.05) is 13.0 Å². The van der Waals surface area contributed by atoms with E-state index in [0.717, 1.165) is 31.7 Å². The summed E-state index contributed by atoms with van der Waals surface area (Å²) in [4.78, 5) is 2.17. The Bertz CT molecular complexity index is 389. The van der Waals surface area contributed by atoms with Gasteiger partial charge in [0.25, 0.3) is 0 Å². The molecule has 2 rings (SSSR count). The monoisotopic (exact) mass is 254 g/mol. The van der Waals surface area contributed by atoms with Crippen molar-refractivity contribution in [1.82, 2.24) is 10.2 Å². The van der Waals surface area contributed by atoms with Crippen LogP contribution in [0.15, 0.2) is 18.2 Å². The summed E-state index contributed by atoms with van der Waals surface area (Å²) in [5, 5.41) is 3.26. The lowest BCUT2D eigenvalue weighted by atomic mass is 9.99. The van der Waals surface area contributed by atoms with E-state index >= 15 is 0 Å². The number of piperazine rings is 1. The predicted molar refractivity (Wildman–Crippen MR) is 68.9 cm³/mol. The molecular weight excluding hydrogens is 234 g/mol. The fourth-order valence-corrected chi connectivity index (χ4v) is 2.55. The van der Waals surface area contributed by atoms with E-state index in [2.05, 4.69) is 10.2 Å². The highest BCUT2D eigenvalue weighted by Crippen LogP contribution is 2.27. The minimum Gasteiger partial charge on any atom is -0.314 e. The van der Waals surface area contributed by atoms with Crippen molar-refractivity contribution in [3.63, 3.8) is 0 Å². The van der Waals surface area contributed by atoms with E-state index in [9.17, 15) is 8.78 Å². The molecule has 1 heterocycles. The Morgan fingerprint density at radius 1 is 1.33 bits per heavy atom. The van der Waals surface area contributed by atoms with E-state index in [1.54, 1.807) is 6.07 Å². The molecule has 0 bridgehead atoms. The molecule has 0 aromatic heterocycles. The van der Waals surface area contributed by atoms with Crippen molar-refractivity contribution >= 4 is 0 Å². The molecular formula is C14H20F2N2. The van der Waals surface area contributed by atoms with Crippen molar-refractivity contribution in [1.29, 1.82) is 0 Å². The summed E-state index contributed by atoms with van der Waals surface area (Å²) in [6.45, 7) is 4.98. The third-order valence-electron chi connectivity index (χ3n) is 3.49. The Morgan fingerprint density at radius 2 is 2.06 bits per heavy atom. The molecule has 100 valence electrons. The second-order valence-electron chi connectivity index (χ2n) is 4.80. The Kier molecular flexibility index (Phi) is 4.66. The summed E-state index contributed by atoms with van der Waals surface area (Å²) in [5.74, 6) is -0.224. The number of rotatable bonds is 4. The first-order chi connectivity index (χ1) is 8.72. The molecule has 1 atom stereocenters. The number of hydrogen-bond donors (Lipinski definition) is 1. The Morgan fingerprint density at radius 3 is 2.72 bits per heavy atom. The molecule has 0 amide bonds. The van der Waals surface area contributed by atoms with Gasteiger partial charge >= 0.3 is 0 Å². The zero-order valence-electron chi connectivity index (χ0n) is 10.8. The van der Waals surface area contributed by atoms with Gasteiger partial charge in [-0.25, -0.2) is 4.39 Å². The number of aryl methyl sites for hydroxylation is 1. The number of benzene rings is 1. The molecule has 0 unspecified atom stereocenters. The maximum Gasteiger partial charge on any atom is 0.128 e. The van der Waals surface area contributed by atoms with Crippen molar-refractivity contribution in [3.8, 4) is 0 Å². The Balaban J connectivity index is 2.24. The van der Waals surface area contributed by atoms with Crippen LogP contribution in [0.4, 0.5) is 8.78 Å². The van der Waals surface area contributed by atoms with Crippen LogP contribution >= 0.6 is 0 Å². The van der Waals surface area contributed by atoms with E-state index in [0.29, 0.717) is 12.0 Å². The van der Waals surface area contributed by atoms with Crippen LogP contribution in [0.25, 0.3) is 0 Å². The molecule has 1 aliphatic rings. The highest BCUT2D eigenvalue weighted by molar-refractivity contribution is 5.27.